The van der Waals surface area contributed by atoms with Crippen molar-refractivity contribution in [3.8, 4) is 0 Å². The summed E-state index contributed by atoms with van der Waals surface area (Å²) in [5.74, 6) is 0. The Bertz CT molecular complexity index is 608. The van der Waals surface area contributed by atoms with E-state index in [4.69, 9.17) is 4.74 Å². The zero-order chi connectivity index (χ0) is 12.2. The normalized spacial score (nSPS) is 28.3. The summed E-state index contributed by atoms with van der Waals surface area (Å²) in [5, 5.41) is 11.1. The molecule has 1 aromatic heterocycles. The number of pyridine rings is 1. The molecular formula is C15H13NO2. The second kappa shape index (κ2) is 3.33. The number of rotatable bonds is 1. The van der Waals surface area contributed by atoms with Crippen LogP contribution in [0.25, 0.3) is 0 Å². The first-order chi connectivity index (χ1) is 8.80. The fourth-order valence-corrected chi connectivity index (χ4v) is 3.15. The molecule has 0 spiro atoms. The maximum absolute atomic E-state index is 11.1. The van der Waals surface area contributed by atoms with Gasteiger partial charge in [-0.3, -0.25) is 0 Å². The lowest BCUT2D eigenvalue weighted by Crippen LogP contribution is -2.27. The van der Waals surface area contributed by atoms with E-state index in [1.54, 1.807) is 12.4 Å². The van der Waals surface area contributed by atoms with E-state index in [1.807, 2.05) is 12.1 Å². The maximum atomic E-state index is 11.1. The summed E-state index contributed by atoms with van der Waals surface area (Å²) in [6.45, 7) is 0. The topological polar surface area (TPSA) is 39.5 Å². The van der Waals surface area contributed by atoms with Gasteiger partial charge in [0.1, 0.15) is 5.60 Å². The van der Waals surface area contributed by atoms with Crippen LogP contribution in [0.3, 0.4) is 0 Å². The summed E-state index contributed by atoms with van der Waals surface area (Å²) >= 11 is 0. The SMILES string of the molecule is [O-][n+]1ccc(C23OC2CCc2ccccc23)cc1. The number of hydrogen-bond acceptors (Lipinski definition) is 2. The highest BCUT2D eigenvalue weighted by Crippen LogP contribution is 2.56. The van der Waals surface area contributed by atoms with Gasteiger partial charge < -0.3 is 9.94 Å². The Balaban J connectivity index is 1.89. The molecule has 0 radical (unpaired) electrons. The van der Waals surface area contributed by atoms with Crippen LogP contribution in [0.4, 0.5) is 0 Å². The van der Waals surface area contributed by atoms with E-state index in [-0.39, 0.29) is 11.7 Å². The molecule has 1 fully saturated rings. The van der Waals surface area contributed by atoms with Gasteiger partial charge in [0.2, 0.25) is 0 Å². The Morgan fingerprint density at radius 2 is 1.94 bits per heavy atom. The van der Waals surface area contributed by atoms with Crippen LogP contribution in [0.2, 0.25) is 0 Å². The molecule has 4 rings (SSSR count). The first kappa shape index (κ1) is 10.1. The smallest absolute Gasteiger partial charge is 0.180 e. The summed E-state index contributed by atoms with van der Waals surface area (Å²) in [7, 11) is 0. The van der Waals surface area contributed by atoms with Crippen LogP contribution in [0.5, 0.6) is 0 Å². The Morgan fingerprint density at radius 1 is 1.17 bits per heavy atom. The van der Waals surface area contributed by atoms with Crippen LogP contribution in [0.15, 0.2) is 48.8 Å². The predicted molar refractivity (Wildman–Crippen MR) is 65.8 cm³/mol. The molecule has 18 heavy (non-hydrogen) atoms. The van der Waals surface area contributed by atoms with Gasteiger partial charge in [0.15, 0.2) is 12.4 Å². The molecule has 0 bridgehead atoms. The summed E-state index contributed by atoms with van der Waals surface area (Å²) < 4.78 is 6.82. The average Bonchev–Trinajstić information content (AvgIpc) is 3.15. The highest BCUT2D eigenvalue weighted by Gasteiger charge is 2.61. The monoisotopic (exact) mass is 239 g/mol. The first-order valence-corrected chi connectivity index (χ1v) is 6.26. The zero-order valence-electron chi connectivity index (χ0n) is 9.87. The van der Waals surface area contributed by atoms with Crippen molar-refractivity contribution in [3.05, 3.63) is 70.7 Å². The molecule has 0 saturated carbocycles. The Labute approximate surface area is 105 Å². The fourth-order valence-electron chi connectivity index (χ4n) is 3.15. The number of benzene rings is 1. The van der Waals surface area contributed by atoms with Gasteiger partial charge in [-0.2, -0.15) is 4.73 Å². The highest BCUT2D eigenvalue weighted by atomic mass is 16.6. The number of ether oxygens (including phenoxy) is 1. The van der Waals surface area contributed by atoms with E-state index >= 15 is 0 Å². The van der Waals surface area contributed by atoms with Crippen LogP contribution in [0.1, 0.15) is 23.1 Å². The molecule has 3 heteroatoms. The minimum absolute atomic E-state index is 0.273. The van der Waals surface area contributed by atoms with E-state index in [0.29, 0.717) is 0 Å². The molecule has 2 unspecified atom stereocenters. The van der Waals surface area contributed by atoms with E-state index in [9.17, 15) is 5.21 Å². The largest absolute Gasteiger partial charge is 0.619 e. The first-order valence-electron chi connectivity index (χ1n) is 6.26. The molecule has 3 nitrogen and oxygen atoms in total. The lowest BCUT2D eigenvalue weighted by molar-refractivity contribution is -0.605. The second-order valence-electron chi connectivity index (χ2n) is 4.98. The molecule has 0 N–H and O–H groups in total. The van der Waals surface area contributed by atoms with Crippen molar-refractivity contribution in [2.24, 2.45) is 0 Å². The molecule has 0 amide bonds. The van der Waals surface area contributed by atoms with Crippen molar-refractivity contribution < 1.29 is 9.47 Å². The third kappa shape index (κ3) is 1.20. The van der Waals surface area contributed by atoms with Gasteiger partial charge in [-0.05, 0) is 24.0 Å². The van der Waals surface area contributed by atoms with E-state index in [1.165, 1.54) is 11.1 Å². The van der Waals surface area contributed by atoms with Crippen LogP contribution >= 0.6 is 0 Å². The van der Waals surface area contributed by atoms with Gasteiger partial charge in [-0.1, -0.05) is 24.3 Å². The van der Waals surface area contributed by atoms with Gasteiger partial charge in [-0.15, -0.1) is 0 Å². The molecule has 2 atom stereocenters. The quantitative estimate of drug-likeness (QED) is 0.433. The van der Waals surface area contributed by atoms with Crippen LogP contribution in [-0.4, -0.2) is 6.10 Å². The summed E-state index contributed by atoms with van der Waals surface area (Å²) in [5.41, 5.74) is 3.44. The lowest BCUT2D eigenvalue weighted by atomic mass is 9.79. The van der Waals surface area contributed by atoms with Crippen molar-refractivity contribution in [3.63, 3.8) is 0 Å². The minimum Gasteiger partial charge on any atom is -0.619 e. The van der Waals surface area contributed by atoms with Crippen LogP contribution < -0.4 is 4.73 Å². The van der Waals surface area contributed by atoms with Crippen molar-refractivity contribution >= 4 is 0 Å². The molecular weight excluding hydrogens is 226 g/mol. The number of epoxide rings is 1. The standard InChI is InChI=1S/C15H13NO2/c17-16-9-7-12(8-10-16)15-13-4-2-1-3-11(13)5-6-14(15)18-15/h1-4,7-10,14H,5-6H2. The predicted octanol–water partition coefficient (Wildman–Crippen LogP) is 1.91. The van der Waals surface area contributed by atoms with Crippen LogP contribution in [0, 0.1) is 5.21 Å². The minimum atomic E-state index is -0.289. The maximum Gasteiger partial charge on any atom is 0.180 e. The van der Waals surface area contributed by atoms with E-state index in [2.05, 4.69) is 24.3 Å². The fraction of sp³-hybridized carbons (Fsp3) is 0.267. The van der Waals surface area contributed by atoms with Gasteiger partial charge >= 0.3 is 0 Å². The van der Waals surface area contributed by atoms with Gasteiger partial charge in [0.25, 0.3) is 0 Å². The van der Waals surface area contributed by atoms with Gasteiger partial charge in [-0.25, -0.2) is 0 Å². The second-order valence-corrected chi connectivity index (χ2v) is 4.98. The van der Waals surface area contributed by atoms with Crippen molar-refractivity contribution in [2.45, 2.75) is 24.5 Å². The Morgan fingerprint density at radius 3 is 2.78 bits per heavy atom. The van der Waals surface area contributed by atoms with E-state index in [0.717, 1.165) is 23.1 Å². The number of hydrogen-bond donors (Lipinski definition) is 0. The van der Waals surface area contributed by atoms with Gasteiger partial charge in [0.05, 0.1) is 6.10 Å². The summed E-state index contributed by atoms with van der Waals surface area (Å²) in [4.78, 5) is 0. The van der Waals surface area contributed by atoms with Crippen molar-refractivity contribution in [2.75, 3.05) is 0 Å². The van der Waals surface area contributed by atoms with E-state index < -0.39 is 0 Å². The van der Waals surface area contributed by atoms with Gasteiger partial charge in [0, 0.05) is 17.7 Å². The molecule has 2 heterocycles. The molecule has 90 valence electrons. The molecule has 1 saturated heterocycles. The Hall–Kier alpha value is -1.87. The van der Waals surface area contributed by atoms with Crippen LogP contribution in [-0.2, 0) is 16.8 Å². The number of aryl methyl sites for hydroxylation is 1. The number of aromatic nitrogens is 1. The van der Waals surface area contributed by atoms with Crippen molar-refractivity contribution in [1.82, 2.24) is 0 Å². The average molecular weight is 239 g/mol. The van der Waals surface area contributed by atoms with Crippen molar-refractivity contribution in [1.29, 1.82) is 0 Å². The third-order valence-electron chi connectivity index (χ3n) is 4.05. The molecule has 2 aliphatic rings. The lowest BCUT2D eigenvalue weighted by Gasteiger charge is -2.21. The summed E-state index contributed by atoms with van der Waals surface area (Å²) in [6.07, 6.45) is 5.50. The third-order valence-corrected chi connectivity index (χ3v) is 4.05. The number of fused-ring (bicyclic) bond motifs is 3. The molecule has 1 aliphatic heterocycles. The summed E-state index contributed by atoms with van der Waals surface area (Å²) in [6, 6.07) is 12.2. The zero-order valence-corrected chi connectivity index (χ0v) is 9.87. The highest BCUT2D eigenvalue weighted by molar-refractivity contribution is 5.48. The molecule has 1 aromatic carbocycles. The molecule has 2 aromatic rings. The number of nitrogens with zero attached hydrogens (tertiary/aromatic N) is 1. The molecule has 1 aliphatic carbocycles. The Kier molecular flexibility index (Phi) is 1.87.